The number of thiophene rings is 1. The maximum atomic E-state index is 12.1. The van der Waals surface area contributed by atoms with Crippen molar-refractivity contribution in [2.24, 2.45) is 10.9 Å². The first-order valence-electron chi connectivity index (χ1n) is 5.73. The van der Waals surface area contributed by atoms with E-state index in [0.29, 0.717) is 21.7 Å². The predicted molar refractivity (Wildman–Crippen MR) is 74.5 cm³/mol. The molecule has 1 aromatic heterocycles. The van der Waals surface area contributed by atoms with E-state index in [1.54, 1.807) is 12.3 Å². The Kier molecular flexibility index (Phi) is 4.08. The number of nitrogens with two attached hydrogens (primary N) is 1. The third-order valence-electron chi connectivity index (χ3n) is 2.70. The van der Waals surface area contributed by atoms with Gasteiger partial charge in [0.05, 0.1) is 16.2 Å². The Balaban J connectivity index is 2.30. The molecule has 0 fully saturated rings. The molecule has 0 saturated carbocycles. The van der Waals surface area contributed by atoms with Crippen LogP contribution in [0.1, 0.15) is 12.5 Å². The molecule has 21 heavy (non-hydrogen) atoms. The van der Waals surface area contributed by atoms with Crippen LogP contribution in [0.25, 0.3) is 10.4 Å². The van der Waals surface area contributed by atoms with Crippen LogP contribution in [0.15, 0.2) is 34.7 Å². The zero-order valence-electron chi connectivity index (χ0n) is 10.8. The van der Waals surface area contributed by atoms with Gasteiger partial charge in [-0.3, -0.25) is 0 Å². The summed E-state index contributed by atoms with van der Waals surface area (Å²) in [5.74, 6) is 4.84. The minimum absolute atomic E-state index is 0.00353. The van der Waals surface area contributed by atoms with Crippen molar-refractivity contribution in [2.45, 2.75) is 13.3 Å². The molecule has 1 aromatic carbocycles. The normalized spacial score (nSPS) is 12.5. The average Bonchev–Trinajstić information content (AvgIpc) is 2.79. The van der Waals surface area contributed by atoms with E-state index in [4.69, 9.17) is 5.84 Å². The molecule has 0 bridgehead atoms. The number of hydrogen-bond donors (Lipinski definition) is 2. The van der Waals surface area contributed by atoms with Gasteiger partial charge in [-0.05, 0) is 36.8 Å². The van der Waals surface area contributed by atoms with Crippen LogP contribution >= 0.6 is 11.3 Å². The van der Waals surface area contributed by atoms with Crippen LogP contribution in [0.2, 0.25) is 0 Å². The van der Waals surface area contributed by atoms with E-state index in [-0.39, 0.29) is 11.5 Å². The second-order valence-electron chi connectivity index (χ2n) is 4.11. The lowest BCUT2D eigenvalue weighted by Crippen LogP contribution is -2.16. The maximum absolute atomic E-state index is 12.1. The van der Waals surface area contributed by atoms with Gasteiger partial charge in [-0.2, -0.15) is 5.10 Å². The minimum Gasteiger partial charge on any atom is -0.506 e. The van der Waals surface area contributed by atoms with Gasteiger partial charge in [0.2, 0.25) is 0 Å². The summed E-state index contributed by atoms with van der Waals surface area (Å²) in [6, 6.07) is 5.24. The van der Waals surface area contributed by atoms with Crippen molar-refractivity contribution in [3.63, 3.8) is 0 Å². The van der Waals surface area contributed by atoms with Crippen LogP contribution in [0.4, 0.5) is 13.2 Å². The Morgan fingerprint density at radius 2 is 1.90 bits per heavy atom. The first kappa shape index (κ1) is 15.2. The molecule has 0 atom stereocenters. The maximum Gasteiger partial charge on any atom is 0.573 e. The van der Waals surface area contributed by atoms with Crippen LogP contribution in [0.3, 0.4) is 0 Å². The van der Waals surface area contributed by atoms with E-state index in [2.05, 4.69) is 9.84 Å². The molecule has 0 saturated heterocycles. The van der Waals surface area contributed by atoms with Crippen molar-refractivity contribution in [1.29, 1.82) is 0 Å². The van der Waals surface area contributed by atoms with Gasteiger partial charge in [0.25, 0.3) is 0 Å². The molecule has 8 heteroatoms. The molecule has 3 N–H and O–H groups in total. The molecule has 0 radical (unpaired) electrons. The Bertz CT molecular complexity index is 663. The fourth-order valence-corrected chi connectivity index (χ4v) is 2.70. The second kappa shape index (κ2) is 5.65. The molecule has 0 unspecified atom stereocenters. The van der Waals surface area contributed by atoms with E-state index in [1.807, 2.05) is 0 Å². The van der Waals surface area contributed by atoms with E-state index >= 15 is 0 Å². The van der Waals surface area contributed by atoms with Crippen LogP contribution in [-0.4, -0.2) is 17.2 Å². The lowest BCUT2D eigenvalue weighted by atomic mass is 10.1. The van der Waals surface area contributed by atoms with Crippen LogP contribution in [0.5, 0.6) is 11.5 Å². The van der Waals surface area contributed by atoms with Crippen molar-refractivity contribution < 1.29 is 23.0 Å². The predicted octanol–water partition coefficient (Wildman–Crippen LogP) is 3.70. The van der Waals surface area contributed by atoms with Gasteiger partial charge in [0, 0.05) is 5.38 Å². The number of nitrogens with zero attached hydrogens (tertiary/aromatic N) is 1. The monoisotopic (exact) mass is 316 g/mol. The van der Waals surface area contributed by atoms with Crippen molar-refractivity contribution in [3.8, 4) is 21.9 Å². The highest BCUT2D eigenvalue weighted by Gasteiger charge is 2.31. The highest BCUT2D eigenvalue weighted by molar-refractivity contribution is 7.14. The quantitative estimate of drug-likeness (QED) is 0.515. The van der Waals surface area contributed by atoms with Crippen molar-refractivity contribution >= 4 is 17.0 Å². The van der Waals surface area contributed by atoms with Crippen LogP contribution in [0, 0.1) is 0 Å². The molecule has 1 heterocycles. The summed E-state index contributed by atoms with van der Waals surface area (Å²) in [5.41, 5.74) is 1.53. The topological polar surface area (TPSA) is 67.8 Å². The number of halogens is 3. The summed E-state index contributed by atoms with van der Waals surface area (Å²) in [4.78, 5) is 0.520. The summed E-state index contributed by atoms with van der Waals surface area (Å²) < 4.78 is 40.0. The van der Waals surface area contributed by atoms with Gasteiger partial charge < -0.3 is 15.7 Å². The largest absolute Gasteiger partial charge is 0.573 e. The summed E-state index contributed by atoms with van der Waals surface area (Å²) in [5, 5.41) is 15.3. The van der Waals surface area contributed by atoms with Gasteiger partial charge >= 0.3 is 6.36 Å². The second-order valence-corrected chi connectivity index (χ2v) is 4.99. The van der Waals surface area contributed by atoms with E-state index in [9.17, 15) is 18.3 Å². The smallest absolute Gasteiger partial charge is 0.506 e. The number of hydrogen-bond acceptors (Lipinski definition) is 5. The molecule has 4 nitrogen and oxygen atoms in total. The molecule has 2 aromatic rings. The molecule has 0 aliphatic carbocycles. The SMILES string of the molecule is C/C(=N\N)c1csc(-c2ccc(OC(F)(F)F)cc2)c1O. The number of rotatable bonds is 3. The van der Waals surface area contributed by atoms with Crippen molar-refractivity contribution in [3.05, 3.63) is 35.2 Å². The Morgan fingerprint density at radius 1 is 1.29 bits per heavy atom. The molecule has 0 aliphatic rings. The third kappa shape index (κ3) is 3.46. The number of hydrazone groups is 1. The highest BCUT2D eigenvalue weighted by atomic mass is 32.1. The standard InChI is InChI=1S/C13H11F3N2O2S/c1-7(18-17)10-6-21-12(11(10)19)8-2-4-9(5-3-8)20-13(14,15)16/h2-6,19H,17H2,1H3/b18-7+. The molecule has 2 rings (SSSR count). The molecular formula is C13H11F3N2O2S. The first-order chi connectivity index (χ1) is 9.81. The van der Waals surface area contributed by atoms with E-state index < -0.39 is 6.36 Å². The fraction of sp³-hybridized carbons (Fsp3) is 0.154. The lowest BCUT2D eigenvalue weighted by Gasteiger charge is -2.09. The van der Waals surface area contributed by atoms with Crippen LogP contribution < -0.4 is 10.6 Å². The molecule has 0 aliphatic heterocycles. The minimum atomic E-state index is -4.73. The lowest BCUT2D eigenvalue weighted by molar-refractivity contribution is -0.274. The Morgan fingerprint density at radius 3 is 2.43 bits per heavy atom. The van der Waals surface area contributed by atoms with E-state index in [0.717, 1.165) is 0 Å². The van der Waals surface area contributed by atoms with Crippen molar-refractivity contribution in [1.82, 2.24) is 0 Å². The Hall–Kier alpha value is -2.22. The summed E-state index contributed by atoms with van der Waals surface area (Å²) in [6.07, 6.45) is -4.73. The molecule has 112 valence electrons. The van der Waals surface area contributed by atoms with Gasteiger partial charge in [-0.15, -0.1) is 24.5 Å². The number of alkyl halides is 3. The molecule has 0 spiro atoms. The Labute approximate surface area is 122 Å². The van der Waals surface area contributed by atoms with Crippen LogP contribution in [-0.2, 0) is 0 Å². The molecular weight excluding hydrogens is 305 g/mol. The van der Waals surface area contributed by atoms with Gasteiger partial charge in [-0.1, -0.05) is 0 Å². The van der Waals surface area contributed by atoms with Gasteiger partial charge in [-0.25, -0.2) is 0 Å². The molecule has 0 amide bonds. The highest BCUT2D eigenvalue weighted by Crippen LogP contribution is 2.39. The van der Waals surface area contributed by atoms with Gasteiger partial charge in [0.15, 0.2) is 0 Å². The number of aromatic hydroxyl groups is 1. The average molecular weight is 316 g/mol. The summed E-state index contributed by atoms with van der Waals surface area (Å²) in [7, 11) is 0. The summed E-state index contributed by atoms with van der Waals surface area (Å²) in [6.45, 7) is 1.64. The zero-order valence-corrected chi connectivity index (χ0v) is 11.6. The van der Waals surface area contributed by atoms with Gasteiger partial charge in [0.1, 0.15) is 11.5 Å². The zero-order chi connectivity index (χ0) is 15.6. The third-order valence-corrected chi connectivity index (χ3v) is 3.72. The van der Waals surface area contributed by atoms with E-state index in [1.165, 1.54) is 35.6 Å². The fourth-order valence-electron chi connectivity index (χ4n) is 1.69. The first-order valence-corrected chi connectivity index (χ1v) is 6.61. The van der Waals surface area contributed by atoms with Crippen molar-refractivity contribution in [2.75, 3.05) is 0 Å². The number of benzene rings is 1. The summed E-state index contributed by atoms with van der Waals surface area (Å²) >= 11 is 1.24. The number of ether oxygens (including phenoxy) is 1.